The van der Waals surface area contributed by atoms with Crippen LogP contribution in [0.2, 0.25) is 0 Å². The van der Waals surface area contributed by atoms with Crippen LogP contribution >= 0.6 is 7.82 Å². The number of phosphoric acid groups is 1. The molecule has 8 heteroatoms. The Morgan fingerprint density at radius 2 is 0.745 bits per heavy atom. The summed E-state index contributed by atoms with van der Waals surface area (Å²) in [5.74, 6) is -0.848. The number of nitrogens with zero attached hydrogens (tertiary/aromatic N) is 1. The highest BCUT2D eigenvalue weighted by molar-refractivity contribution is 7.46. The van der Waals surface area contributed by atoms with Gasteiger partial charge in [-0.25, -0.2) is 0 Å². The van der Waals surface area contributed by atoms with Crippen molar-refractivity contribution in [2.24, 2.45) is 0 Å². The predicted octanol–water partition coefficient (Wildman–Crippen LogP) is 12.6. The third-order valence-corrected chi connectivity index (χ3v) is 11.3. The Bertz CT molecular complexity index is 827. The summed E-state index contributed by atoms with van der Waals surface area (Å²) in [5, 5.41) is 0. The molecule has 7 nitrogen and oxygen atoms in total. The van der Waals surface area contributed by atoms with Gasteiger partial charge in [-0.1, -0.05) is 194 Å². The number of hydrogen-bond acceptors (Lipinski definition) is 6. The zero-order valence-electron chi connectivity index (χ0n) is 34.9. The van der Waals surface area contributed by atoms with E-state index in [0.717, 1.165) is 38.5 Å². The Kier molecular flexibility index (Phi) is 32.4. The van der Waals surface area contributed by atoms with E-state index in [4.69, 9.17) is 9.05 Å². The van der Waals surface area contributed by atoms with Gasteiger partial charge in [0.15, 0.2) is 11.6 Å². The van der Waals surface area contributed by atoms with Crippen LogP contribution in [0.4, 0.5) is 0 Å². The molecule has 0 bridgehead atoms. The molecule has 0 N–H and O–H groups in total. The van der Waals surface area contributed by atoms with E-state index in [0.29, 0.717) is 12.8 Å². The molecule has 0 aliphatic carbocycles. The van der Waals surface area contributed by atoms with Gasteiger partial charge < -0.3 is 13.9 Å². The van der Waals surface area contributed by atoms with Crippen LogP contribution in [0.5, 0.6) is 0 Å². The van der Waals surface area contributed by atoms with Crippen molar-refractivity contribution in [1.82, 2.24) is 0 Å². The molecule has 0 spiro atoms. The van der Waals surface area contributed by atoms with E-state index in [1.165, 1.54) is 141 Å². The summed E-state index contributed by atoms with van der Waals surface area (Å²) >= 11 is 0. The van der Waals surface area contributed by atoms with Crippen LogP contribution in [0.25, 0.3) is 0 Å². The summed E-state index contributed by atoms with van der Waals surface area (Å²) in [5.41, 5.74) is -2.04. The summed E-state index contributed by atoms with van der Waals surface area (Å²) in [6.07, 6.45) is 36.9. The molecule has 0 fully saturated rings. The zero-order chi connectivity index (χ0) is 38.1. The molecule has 0 amide bonds. The van der Waals surface area contributed by atoms with Crippen LogP contribution in [0, 0.1) is 0 Å². The van der Waals surface area contributed by atoms with Gasteiger partial charge in [0.05, 0.1) is 27.7 Å². The van der Waals surface area contributed by atoms with Crippen molar-refractivity contribution >= 4 is 19.4 Å². The highest BCUT2D eigenvalue weighted by Gasteiger charge is 2.52. The lowest BCUT2D eigenvalue weighted by molar-refractivity contribution is -0.874. The Balaban J connectivity index is 4.72. The first-order valence-corrected chi connectivity index (χ1v) is 23.4. The monoisotopic (exact) mass is 744 g/mol. The third kappa shape index (κ3) is 29.4. The van der Waals surface area contributed by atoms with Crippen LogP contribution in [-0.4, -0.2) is 55.9 Å². The second-order valence-corrected chi connectivity index (χ2v) is 17.8. The molecule has 0 aliphatic heterocycles. The van der Waals surface area contributed by atoms with Crippen LogP contribution < -0.4 is 4.89 Å². The first-order chi connectivity index (χ1) is 24.4. The number of hydrogen-bond donors (Lipinski definition) is 0. The third-order valence-electron chi connectivity index (χ3n) is 10.2. The quantitative estimate of drug-likeness (QED) is 0.0268. The molecule has 0 radical (unpaired) electrons. The van der Waals surface area contributed by atoms with E-state index in [-0.39, 0.29) is 30.5 Å². The molecule has 0 aromatic carbocycles. The molecule has 0 heterocycles. The Labute approximate surface area is 317 Å². The first-order valence-electron chi connectivity index (χ1n) is 22.0. The molecule has 304 valence electrons. The van der Waals surface area contributed by atoms with Crippen molar-refractivity contribution in [2.75, 3.05) is 34.3 Å². The molecule has 1 unspecified atom stereocenters. The Hall–Kier alpha value is -0.590. The number of ketones is 2. The van der Waals surface area contributed by atoms with E-state index in [1.54, 1.807) is 6.92 Å². The second-order valence-electron chi connectivity index (χ2n) is 16.5. The maximum absolute atomic E-state index is 13.9. The van der Waals surface area contributed by atoms with Gasteiger partial charge in [-0.05, 0) is 19.8 Å². The fraction of sp³-hybridized carbons (Fsp3) is 0.953. The molecule has 1 atom stereocenters. The summed E-state index contributed by atoms with van der Waals surface area (Å²) in [7, 11) is 0.713. The minimum atomic E-state index is -4.86. The fourth-order valence-corrected chi connectivity index (χ4v) is 8.24. The molecule has 51 heavy (non-hydrogen) atoms. The van der Waals surface area contributed by atoms with Crippen molar-refractivity contribution < 1.29 is 32.6 Å². The van der Waals surface area contributed by atoms with E-state index >= 15 is 0 Å². The molecule has 0 aliphatic rings. The molecule has 0 aromatic heterocycles. The van der Waals surface area contributed by atoms with Crippen molar-refractivity contribution in [3.63, 3.8) is 0 Å². The van der Waals surface area contributed by atoms with E-state index in [1.807, 2.05) is 21.1 Å². The average Bonchev–Trinajstić information content (AvgIpc) is 3.06. The lowest BCUT2D eigenvalue weighted by Crippen LogP contribution is -2.60. The van der Waals surface area contributed by atoms with Crippen LogP contribution in [0.1, 0.15) is 226 Å². The van der Waals surface area contributed by atoms with Crippen LogP contribution in [0.15, 0.2) is 0 Å². The Morgan fingerprint density at radius 1 is 0.490 bits per heavy atom. The van der Waals surface area contributed by atoms with Gasteiger partial charge in [0.2, 0.25) is 5.60 Å². The largest absolute Gasteiger partial charge is 0.756 e. The van der Waals surface area contributed by atoms with E-state index < -0.39 is 25.0 Å². The van der Waals surface area contributed by atoms with Gasteiger partial charge in [0, 0.05) is 12.8 Å². The highest BCUT2D eigenvalue weighted by Crippen LogP contribution is 2.45. The molecule has 0 saturated carbocycles. The maximum atomic E-state index is 13.9. The van der Waals surface area contributed by atoms with Gasteiger partial charge in [-0.2, -0.15) is 0 Å². The smallest absolute Gasteiger partial charge is 0.269 e. The van der Waals surface area contributed by atoms with Gasteiger partial charge in [0.1, 0.15) is 6.54 Å². The molecular formula is C43H86NO6P. The van der Waals surface area contributed by atoms with Gasteiger partial charge in [-0.3, -0.25) is 18.7 Å². The van der Waals surface area contributed by atoms with E-state index in [9.17, 15) is 19.0 Å². The van der Waals surface area contributed by atoms with Crippen molar-refractivity contribution in [3.8, 4) is 0 Å². The standard InChI is InChI=1S/C43H86NO6P/c1-7-10-12-14-16-18-20-22-24-26-28-30-32-34-36-38-41(45)43(40-44(4,5)6,50-51(47,48)49-9-3)42(46)39-37-35-33-31-29-27-25-23-21-19-17-15-13-11-8-2/h7-40H2,1-6H3. The summed E-state index contributed by atoms with van der Waals surface area (Å²) in [6, 6.07) is 0. The predicted molar refractivity (Wildman–Crippen MR) is 215 cm³/mol. The highest BCUT2D eigenvalue weighted by atomic mass is 31.2. The molecule has 0 saturated heterocycles. The number of quaternary nitrogens is 1. The van der Waals surface area contributed by atoms with Gasteiger partial charge >= 0.3 is 0 Å². The number of unbranched alkanes of at least 4 members (excludes halogenated alkanes) is 28. The van der Waals surface area contributed by atoms with Crippen LogP contribution in [-0.2, 0) is 23.2 Å². The number of rotatable bonds is 40. The van der Waals surface area contributed by atoms with Crippen LogP contribution in [0.3, 0.4) is 0 Å². The fourth-order valence-electron chi connectivity index (χ4n) is 7.22. The minimum absolute atomic E-state index is 0.0402. The Morgan fingerprint density at radius 3 is 0.980 bits per heavy atom. The normalized spacial score (nSPS) is 13.5. The topological polar surface area (TPSA) is 92.7 Å². The number of likely N-dealkylation sites (N-methyl/N-ethyl adjacent to an activating group) is 1. The number of carbonyl (C=O) groups excluding carboxylic acids is 2. The molecule has 0 aromatic rings. The van der Waals surface area contributed by atoms with Gasteiger partial charge in [-0.15, -0.1) is 0 Å². The zero-order valence-corrected chi connectivity index (χ0v) is 35.8. The van der Waals surface area contributed by atoms with E-state index in [2.05, 4.69) is 13.8 Å². The lowest BCUT2D eigenvalue weighted by Gasteiger charge is -2.40. The lowest BCUT2D eigenvalue weighted by atomic mass is 9.86. The second kappa shape index (κ2) is 32.8. The summed E-state index contributed by atoms with van der Waals surface area (Å²) < 4.78 is 23.6. The number of carbonyl (C=O) groups is 2. The van der Waals surface area contributed by atoms with Crippen molar-refractivity contribution in [3.05, 3.63) is 0 Å². The number of phosphoric ester groups is 1. The number of Topliss-reactive ketones (excluding diaryl/α,β-unsaturated/α-hetero) is 2. The SMILES string of the molecule is CCCCCCCCCCCCCCCCCC(=O)C(C[N+](C)(C)C)(OP(=O)([O-])OCC)C(=O)CCCCCCCCCCCCCCCCC. The van der Waals surface area contributed by atoms with Crippen molar-refractivity contribution in [1.29, 1.82) is 0 Å². The van der Waals surface area contributed by atoms with Crippen molar-refractivity contribution in [2.45, 2.75) is 232 Å². The summed E-state index contributed by atoms with van der Waals surface area (Å²) in [4.78, 5) is 40.6. The summed E-state index contributed by atoms with van der Waals surface area (Å²) in [6.45, 7) is 5.93. The molecular weight excluding hydrogens is 657 g/mol. The average molecular weight is 744 g/mol. The maximum Gasteiger partial charge on any atom is 0.269 e. The first kappa shape index (κ1) is 50.4. The minimum Gasteiger partial charge on any atom is -0.756 e. The molecule has 0 rings (SSSR count). The van der Waals surface area contributed by atoms with Gasteiger partial charge in [0.25, 0.3) is 7.82 Å².